The van der Waals surface area contributed by atoms with Gasteiger partial charge in [-0.15, -0.1) is 11.3 Å². The normalized spacial score (nSPS) is 18.3. The van der Waals surface area contributed by atoms with E-state index in [-0.39, 0.29) is 0 Å². The zero-order valence-electron chi connectivity index (χ0n) is 10.5. The molecule has 104 valence electrons. The number of amides is 2. The maximum atomic E-state index is 11.9. The fraction of sp³-hybridized carbons (Fsp3) is 0.583. The Bertz CT molecular complexity index is 439. The minimum absolute atomic E-state index is 0.465. The molecule has 1 aliphatic rings. The SMILES string of the molecule is O=C(Nc1nccs1)NC1(C(=O)O)CCCCCC1. The van der Waals surface area contributed by atoms with Gasteiger partial charge >= 0.3 is 12.0 Å². The second kappa shape index (κ2) is 6.01. The summed E-state index contributed by atoms with van der Waals surface area (Å²) in [5.74, 6) is -0.955. The Hall–Kier alpha value is -1.63. The first-order valence-electron chi connectivity index (χ1n) is 6.34. The van der Waals surface area contributed by atoms with Gasteiger partial charge in [-0.1, -0.05) is 25.7 Å². The summed E-state index contributed by atoms with van der Waals surface area (Å²) >= 11 is 1.29. The molecular weight excluding hydrogens is 266 g/mol. The van der Waals surface area contributed by atoms with Crippen molar-refractivity contribution in [1.82, 2.24) is 10.3 Å². The predicted molar refractivity (Wildman–Crippen MR) is 72.3 cm³/mol. The molecule has 1 fully saturated rings. The molecule has 7 heteroatoms. The van der Waals surface area contributed by atoms with Gasteiger partial charge < -0.3 is 10.4 Å². The molecule has 0 spiro atoms. The molecule has 0 bridgehead atoms. The Labute approximate surface area is 115 Å². The van der Waals surface area contributed by atoms with Gasteiger partial charge in [0.15, 0.2) is 5.13 Å². The van der Waals surface area contributed by atoms with E-state index in [1.807, 2.05) is 0 Å². The van der Waals surface area contributed by atoms with Crippen LogP contribution >= 0.6 is 11.3 Å². The van der Waals surface area contributed by atoms with E-state index in [2.05, 4.69) is 15.6 Å². The molecule has 0 aliphatic heterocycles. The minimum Gasteiger partial charge on any atom is -0.480 e. The van der Waals surface area contributed by atoms with Crippen molar-refractivity contribution in [1.29, 1.82) is 0 Å². The van der Waals surface area contributed by atoms with Gasteiger partial charge in [0.1, 0.15) is 5.54 Å². The quantitative estimate of drug-likeness (QED) is 0.743. The Morgan fingerprint density at radius 1 is 1.26 bits per heavy atom. The number of carboxylic acid groups (broad SMARTS) is 1. The average molecular weight is 283 g/mol. The number of aromatic nitrogens is 1. The largest absolute Gasteiger partial charge is 0.480 e. The molecule has 0 saturated heterocycles. The number of hydrogen-bond acceptors (Lipinski definition) is 4. The summed E-state index contributed by atoms with van der Waals surface area (Å²) in [7, 11) is 0. The summed E-state index contributed by atoms with van der Waals surface area (Å²) in [4.78, 5) is 27.3. The number of aliphatic carboxylic acids is 1. The predicted octanol–water partition coefficient (Wildman–Crippen LogP) is 2.44. The van der Waals surface area contributed by atoms with Crippen LogP contribution in [-0.2, 0) is 4.79 Å². The van der Waals surface area contributed by atoms with E-state index >= 15 is 0 Å². The van der Waals surface area contributed by atoms with Crippen molar-refractivity contribution in [2.45, 2.75) is 44.1 Å². The Morgan fingerprint density at radius 2 is 1.95 bits per heavy atom. The van der Waals surface area contributed by atoms with Gasteiger partial charge in [-0.3, -0.25) is 5.32 Å². The van der Waals surface area contributed by atoms with Gasteiger partial charge in [-0.05, 0) is 12.8 Å². The molecule has 3 N–H and O–H groups in total. The third-order valence-corrected chi connectivity index (χ3v) is 4.06. The minimum atomic E-state index is -1.14. The number of nitrogens with zero attached hydrogens (tertiary/aromatic N) is 1. The van der Waals surface area contributed by atoms with Crippen LogP contribution in [0.1, 0.15) is 38.5 Å². The van der Waals surface area contributed by atoms with Crippen LogP contribution in [0.3, 0.4) is 0 Å². The number of carboxylic acids is 1. The molecule has 1 saturated carbocycles. The molecule has 19 heavy (non-hydrogen) atoms. The van der Waals surface area contributed by atoms with Crippen LogP contribution < -0.4 is 10.6 Å². The van der Waals surface area contributed by atoms with Crippen LogP contribution in [0.15, 0.2) is 11.6 Å². The van der Waals surface area contributed by atoms with E-state index in [1.165, 1.54) is 11.3 Å². The third-order valence-electron chi connectivity index (χ3n) is 3.37. The number of hydrogen-bond donors (Lipinski definition) is 3. The van der Waals surface area contributed by atoms with Gasteiger partial charge in [-0.25, -0.2) is 14.6 Å². The first kappa shape index (κ1) is 13.8. The van der Waals surface area contributed by atoms with Gasteiger partial charge in [0.25, 0.3) is 0 Å². The fourth-order valence-corrected chi connectivity index (χ4v) is 2.88. The molecule has 0 radical (unpaired) electrons. The standard InChI is InChI=1S/C12H17N3O3S/c16-9(17)12(5-3-1-2-4-6-12)15-10(18)14-11-13-7-8-19-11/h7-8H,1-6H2,(H,16,17)(H2,13,14,15,18). The molecule has 2 rings (SSSR count). The highest BCUT2D eigenvalue weighted by atomic mass is 32.1. The van der Waals surface area contributed by atoms with E-state index in [9.17, 15) is 14.7 Å². The summed E-state index contributed by atoms with van der Waals surface area (Å²) in [5.41, 5.74) is -1.14. The molecule has 0 atom stereocenters. The highest BCUT2D eigenvalue weighted by Crippen LogP contribution is 2.27. The summed E-state index contributed by atoms with van der Waals surface area (Å²) in [6.07, 6.45) is 6.23. The van der Waals surface area contributed by atoms with Gasteiger partial charge in [-0.2, -0.15) is 0 Å². The number of anilines is 1. The molecule has 0 aromatic carbocycles. The number of thiazole rings is 1. The molecule has 6 nitrogen and oxygen atoms in total. The molecule has 1 aromatic rings. The van der Waals surface area contributed by atoms with Gasteiger partial charge in [0.05, 0.1) is 0 Å². The van der Waals surface area contributed by atoms with E-state index in [4.69, 9.17) is 0 Å². The van der Waals surface area contributed by atoms with Crippen LogP contribution in [-0.4, -0.2) is 27.6 Å². The summed E-state index contributed by atoms with van der Waals surface area (Å²) < 4.78 is 0. The van der Waals surface area contributed by atoms with Crippen molar-refractivity contribution in [3.8, 4) is 0 Å². The van der Waals surface area contributed by atoms with Crippen LogP contribution in [0.2, 0.25) is 0 Å². The van der Waals surface area contributed by atoms with Crippen LogP contribution in [0.4, 0.5) is 9.93 Å². The van der Waals surface area contributed by atoms with Gasteiger partial charge in [0.2, 0.25) is 0 Å². The Kier molecular flexibility index (Phi) is 4.36. The van der Waals surface area contributed by atoms with E-state index in [0.717, 1.165) is 25.7 Å². The summed E-state index contributed by atoms with van der Waals surface area (Å²) in [5, 5.41) is 16.8. The number of carbonyl (C=O) groups excluding carboxylic acids is 1. The van der Waals surface area contributed by atoms with Crippen molar-refractivity contribution in [2.24, 2.45) is 0 Å². The van der Waals surface area contributed by atoms with Crippen molar-refractivity contribution in [2.75, 3.05) is 5.32 Å². The first-order valence-corrected chi connectivity index (χ1v) is 7.22. The van der Waals surface area contributed by atoms with Crippen molar-refractivity contribution in [3.63, 3.8) is 0 Å². The third kappa shape index (κ3) is 3.44. The van der Waals surface area contributed by atoms with Gasteiger partial charge in [0, 0.05) is 11.6 Å². The number of nitrogens with one attached hydrogen (secondary N) is 2. The topological polar surface area (TPSA) is 91.3 Å². The lowest BCUT2D eigenvalue weighted by Gasteiger charge is -2.29. The van der Waals surface area contributed by atoms with Crippen LogP contribution in [0.5, 0.6) is 0 Å². The summed E-state index contributed by atoms with van der Waals surface area (Å²) in [6.45, 7) is 0. The second-order valence-electron chi connectivity index (χ2n) is 4.72. The highest BCUT2D eigenvalue weighted by molar-refractivity contribution is 7.13. The Balaban J connectivity index is 2.03. The molecular formula is C12H17N3O3S. The number of rotatable bonds is 3. The van der Waals surface area contributed by atoms with Crippen LogP contribution in [0.25, 0.3) is 0 Å². The molecule has 1 aliphatic carbocycles. The molecule has 0 unspecified atom stereocenters. The lowest BCUT2D eigenvalue weighted by Crippen LogP contribution is -2.55. The smallest absolute Gasteiger partial charge is 0.329 e. The maximum absolute atomic E-state index is 11.9. The second-order valence-corrected chi connectivity index (χ2v) is 5.61. The van der Waals surface area contributed by atoms with Crippen molar-refractivity contribution < 1.29 is 14.7 Å². The van der Waals surface area contributed by atoms with E-state index in [1.54, 1.807) is 11.6 Å². The van der Waals surface area contributed by atoms with Crippen molar-refractivity contribution >= 4 is 28.5 Å². The van der Waals surface area contributed by atoms with E-state index in [0.29, 0.717) is 18.0 Å². The zero-order valence-corrected chi connectivity index (χ0v) is 11.3. The molecule has 2 amide bonds. The monoisotopic (exact) mass is 283 g/mol. The lowest BCUT2D eigenvalue weighted by molar-refractivity contribution is -0.145. The number of urea groups is 1. The van der Waals surface area contributed by atoms with Crippen LogP contribution in [0, 0.1) is 0 Å². The van der Waals surface area contributed by atoms with Crippen molar-refractivity contribution in [3.05, 3.63) is 11.6 Å². The number of carbonyl (C=O) groups is 2. The lowest BCUT2D eigenvalue weighted by atomic mass is 9.90. The average Bonchev–Trinajstić information content (AvgIpc) is 2.73. The first-order chi connectivity index (χ1) is 9.12. The molecule has 1 heterocycles. The zero-order chi connectivity index (χ0) is 13.7. The highest BCUT2D eigenvalue weighted by Gasteiger charge is 2.40. The Morgan fingerprint density at radius 3 is 2.47 bits per heavy atom. The summed E-state index contributed by atoms with van der Waals surface area (Å²) in [6, 6.07) is -0.501. The molecule has 1 aromatic heterocycles. The fourth-order valence-electron chi connectivity index (χ4n) is 2.36. The van der Waals surface area contributed by atoms with E-state index < -0.39 is 17.5 Å². The maximum Gasteiger partial charge on any atom is 0.329 e.